The van der Waals surface area contributed by atoms with E-state index in [4.69, 9.17) is 4.74 Å². The van der Waals surface area contributed by atoms with Gasteiger partial charge in [-0.25, -0.2) is 0 Å². The third-order valence-corrected chi connectivity index (χ3v) is 3.20. The van der Waals surface area contributed by atoms with Gasteiger partial charge in [-0.2, -0.15) is 8.78 Å². The highest BCUT2D eigenvalue weighted by Gasteiger charge is 2.38. The van der Waals surface area contributed by atoms with Gasteiger partial charge in [-0.15, -0.1) is 0 Å². The molecule has 1 aliphatic carbocycles. The molecule has 3 nitrogen and oxygen atoms in total. The zero-order valence-electron chi connectivity index (χ0n) is 8.49. The van der Waals surface area contributed by atoms with Crippen LogP contribution in [0.2, 0.25) is 0 Å². The summed E-state index contributed by atoms with van der Waals surface area (Å²) in [6, 6.07) is -0.117. The number of ether oxygens (including phenoxy) is 1. The smallest absolute Gasteiger partial charge is 0.315 e. The SMILES string of the molecule is O=C(C(F)F)N1CCOC2CCCCC21. The highest BCUT2D eigenvalue weighted by Crippen LogP contribution is 2.29. The van der Waals surface area contributed by atoms with Gasteiger partial charge in [0.05, 0.1) is 18.8 Å². The molecule has 0 aromatic rings. The van der Waals surface area contributed by atoms with E-state index in [-0.39, 0.29) is 12.1 Å². The molecule has 1 amide bonds. The molecule has 0 N–H and O–H groups in total. The van der Waals surface area contributed by atoms with Gasteiger partial charge in [0.25, 0.3) is 5.91 Å². The second-order valence-electron chi connectivity index (χ2n) is 4.09. The van der Waals surface area contributed by atoms with Crippen LogP contribution in [0.3, 0.4) is 0 Å². The number of carbonyl (C=O) groups excluding carboxylic acids is 1. The number of hydrogen-bond acceptors (Lipinski definition) is 2. The molecule has 5 heteroatoms. The molecule has 1 heterocycles. The topological polar surface area (TPSA) is 29.5 Å². The van der Waals surface area contributed by atoms with Crippen LogP contribution >= 0.6 is 0 Å². The number of halogens is 2. The summed E-state index contributed by atoms with van der Waals surface area (Å²) in [6.07, 6.45) is 0.844. The number of hydrogen-bond donors (Lipinski definition) is 0. The molecule has 86 valence electrons. The molecule has 0 aromatic heterocycles. The van der Waals surface area contributed by atoms with Crippen LogP contribution in [0.4, 0.5) is 8.78 Å². The van der Waals surface area contributed by atoms with Crippen LogP contribution in [0.15, 0.2) is 0 Å². The zero-order valence-corrected chi connectivity index (χ0v) is 8.49. The first-order chi connectivity index (χ1) is 7.20. The van der Waals surface area contributed by atoms with Crippen LogP contribution in [0, 0.1) is 0 Å². The first-order valence-electron chi connectivity index (χ1n) is 5.40. The van der Waals surface area contributed by atoms with Crippen molar-refractivity contribution < 1.29 is 18.3 Å². The fraction of sp³-hybridized carbons (Fsp3) is 0.900. The predicted molar refractivity (Wildman–Crippen MR) is 49.7 cm³/mol. The van der Waals surface area contributed by atoms with Crippen molar-refractivity contribution in [1.82, 2.24) is 4.90 Å². The average Bonchev–Trinajstić information content (AvgIpc) is 2.27. The van der Waals surface area contributed by atoms with Gasteiger partial charge in [0.2, 0.25) is 0 Å². The van der Waals surface area contributed by atoms with Crippen molar-refractivity contribution >= 4 is 5.91 Å². The van der Waals surface area contributed by atoms with E-state index in [2.05, 4.69) is 0 Å². The number of fused-ring (bicyclic) bond motifs is 1. The lowest BCUT2D eigenvalue weighted by atomic mass is 9.90. The third kappa shape index (κ3) is 2.12. The van der Waals surface area contributed by atoms with Crippen LogP contribution in [-0.4, -0.2) is 42.5 Å². The van der Waals surface area contributed by atoms with Crippen molar-refractivity contribution in [2.24, 2.45) is 0 Å². The van der Waals surface area contributed by atoms with E-state index in [1.165, 1.54) is 4.90 Å². The number of rotatable bonds is 1. The molecular formula is C10H15F2NO2. The zero-order chi connectivity index (χ0) is 10.8. The lowest BCUT2D eigenvalue weighted by Crippen LogP contribution is -2.56. The summed E-state index contributed by atoms with van der Waals surface area (Å²) in [4.78, 5) is 12.6. The molecule has 1 saturated heterocycles. The Morgan fingerprint density at radius 1 is 1.33 bits per heavy atom. The quantitative estimate of drug-likeness (QED) is 0.667. The molecule has 1 aliphatic heterocycles. The van der Waals surface area contributed by atoms with Gasteiger partial charge in [0.15, 0.2) is 0 Å². The van der Waals surface area contributed by atoms with E-state index in [1.807, 2.05) is 0 Å². The van der Waals surface area contributed by atoms with Gasteiger partial charge >= 0.3 is 6.43 Å². The van der Waals surface area contributed by atoms with Crippen LogP contribution in [0.1, 0.15) is 25.7 Å². The Labute approximate surface area is 87.4 Å². The Hall–Kier alpha value is -0.710. The molecule has 0 spiro atoms. The highest BCUT2D eigenvalue weighted by molar-refractivity contribution is 5.79. The first-order valence-corrected chi connectivity index (χ1v) is 5.40. The lowest BCUT2D eigenvalue weighted by Gasteiger charge is -2.43. The number of alkyl halides is 2. The Kier molecular flexibility index (Phi) is 3.19. The number of carbonyl (C=O) groups is 1. The maximum atomic E-state index is 12.3. The fourth-order valence-electron chi connectivity index (χ4n) is 2.50. The summed E-state index contributed by atoms with van der Waals surface area (Å²) in [7, 11) is 0. The van der Waals surface area contributed by atoms with Crippen molar-refractivity contribution in [1.29, 1.82) is 0 Å². The standard InChI is InChI=1S/C10H15F2NO2/c11-9(12)10(14)13-5-6-15-8-4-2-1-3-7(8)13/h7-9H,1-6H2. The van der Waals surface area contributed by atoms with Crippen molar-refractivity contribution in [3.05, 3.63) is 0 Å². The van der Waals surface area contributed by atoms with Crippen LogP contribution in [-0.2, 0) is 9.53 Å². The Morgan fingerprint density at radius 3 is 2.80 bits per heavy atom. The molecule has 1 saturated carbocycles. The molecule has 0 aromatic carbocycles. The molecule has 0 bridgehead atoms. The van der Waals surface area contributed by atoms with Crippen molar-refractivity contribution in [2.75, 3.05) is 13.2 Å². The normalized spacial score (nSPS) is 31.5. The fourth-order valence-corrected chi connectivity index (χ4v) is 2.50. The van der Waals surface area contributed by atoms with Gasteiger partial charge in [-0.1, -0.05) is 12.8 Å². The maximum Gasteiger partial charge on any atom is 0.315 e. The van der Waals surface area contributed by atoms with Gasteiger partial charge in [-0.05, 0) is 12.8 Å². The monoisotopic (exact) mass is 219 g/mol. The average molecular weight is 219 g/mol. The van der Waals surface area contributed by atoms with E-state index in [9.17, 15) is 13.6 Å². The molecule has 2 aliphatic rings. The molecule has 2 unspecified atom stereocenters. The third-order valence-electron chi connectivity index (χ3n) is 3.20. The highest BCUT2D eigenvalue weighted by atomic mass is 19.3. The summed E-state index contributed by atoms with van der Waals surface area (Å²) in [5.74, 6) is -1.03. The lowest BCUT2D eigenvalue weighted by molar-refractivity contribution is -0.160. The van der Waals surface area contributed by atoms with Crippen LogP contribution in [0.5, 0.6) is 0 Å². The molecule has 2 atom stereocenters. The van der Waals surface area contributed by atoms with E-state index in [1.54, 1.807) is 0 Å². The van der Waals surface area contributed by atoms with E-state index in [0.717, 1.165) is 25.7 Å². The van der Waals surface area contributed by atoms with E-state index < -0.39 is 12.3 Å². The van der Waals surface area contributed by atoms with Gasteiger partial charge < -0.3 is 9.64 Å². The minimum Gasteiger partial charge on any atom is -0.374 e. The minimum absolute atomic E-state index is 0.0183. The van der Waals surface area contributed by atoms with Crippen LogP contribution in [0.25, 0.3) is 0 Å². The molecule has 2 fully saturated rings. The Morgan fingerprint density at radius 2 is 2.07 bits per heavy atom. The minimum atomic E-state index is -2.88. The summed E-state index contributed by atoms with van der Waals surface area (Å²) in [5.41, 5.74) is 0. The van der Waals surface area contributed by atoms with Crippen molar-refractivity contribution in [3.8, 4) is 0 Å². The summed E-state index contributed by atoms with van der Waals surface area (Å²) >= 11 is 0. The molecule has 15 heavy (non-hydrogen) atoms. The van der Waals surface area contributed by atoms with Crippen molar-refractivity contribution in [3.63, 3.8) is 0 Å². The van der Waals surface area contributed by atoms with E-state index in [0.29, 0.717) is 13.2 Å². The molecule has 0 radical (unpaired) electrons. The summed E-state index contributed by atoms with van der Waals surface area (Å²) < 4.78 is 30.2. The number of morpholine rings is 1. The van der Waals surface area contributed by atoms with E-state index >= 15 is 0 Å². The van der Waals surface area contributed by atoms with Crippen molar-refractivity contribution in [2.45, 2.75) is 44.3 Å². The Balaban J connectivity index is 2.06. The van der Waals surface area contributed by atoms with Crippen LogP contribution < -0.4 is 0 Å². The Bertz CT molecular complexity index is 246. The largest absolute Gasteiger partial charge is 0.374 e. The number of nitrogens with zero attached hydrogens (tertiary/aromatic N) is 1. The summed E-state index contributed by atoms with van der Waals surface area (Å²) in [6.45, 7) is 0.698. The van der Waals surface area contributed by atoms with Gasteiger partial charge in [0, 0.05) is 6.54 Å². The second kappa shape index (κ2) is 4.43. The molecule has 2 rings (SSSR count). The first kappa shape index (κ1) is 10.8. The summed E-state index contributed by atoms with van der Waals surface area (Å²) in [5, 5.41) is 0. The van der Waals surface area contributed by atoms with Gasteiger partial charge in [-0.3, -0.25) is 4.79 Å². The predicted octanol–water partition coefficient (Wildman–Crippen LogP) is 1.42. The number of amides is 1. The maximum absolute atomic E-state index is 12.3. The second-order valence-corrected chi connectivity index (χ2v) is 4.09. The molecular weight excluding hydrogens is 204 g/mol. The van der Waals surface area contributed by atoms with Gasteiger partial charge in [0.1, 0.15) is 0 Å².